The van der Waals surface area contributed by atoms with Crippen molar-refractivity contribution in [2.24, 2.45) is 0 Å². The highest BCUT2D eigenvalue weighted by Gasteiger charge is 2.11. The number of nitrogens with one attached hydrogen (secondary N) is 1. The average Bonchev–Trinajstić information content (AvgIpc) is 2.85. The van der Waals surface area contributed by atoms with Crippen molar-refractivity contribution in [3.8, 4) is 5.75 Å². The third-order valence-electron chi connectivity index (χ3n) is 2.87. The Balaban J connectivity index is 1.92. The Morgan fingerprint density at radius 1 is 1.27 bits per heavy atom. The summed E-state index contributed by atoms with van der Waals surface area (Å²) in [6.45, 7) is 8.00. The van der Waals surface area contributed by atoms with Gasteiger partial charge < -0.3 is 4.74 Å². The second-order valence-corrected chi connectivity index (χ2v) is 7.36. The average molecular weight is 337 g/mol. The maximum Gasteiger partial charge on any atom is 0.264 e. The molecule has 0 bridgehead atoms. The number of aromatic nitrogens is 2. The van der Waals surface area contributed by atoms with Gasteiger partial charge in [0.05, 0.1) is 0 Å². The number of nitrogens with zero attached hydrogens (tertiary/aromatic N) is 2. The summed E-state index contributed by atoms with van der Waals surface area (Å²) in [4.78, 5) is 11.9. The van der Waals surface area contributed by atoms with Gasteiger partial charge in [0.2, 0.25) is 5.13 Å². The molecule has 0 fully saturated rings. The lowest BCUT2D eigenvalue weighted by atomic mass is 10.1. The summed E-state index contributed by atoms with van der Waals surface area (Å²) < 4.78 is 6.50. The number of ether oxygens (including phenoxy) is 1. The van der Waals surface area contributed by atoms with Crippen molar-refractivity contribution >= 4 is 34.1 Å². The Morgan fingerprint density at radius 3 is 2.59 bits per heavy atom. The minimum atomic E-state index is -0.233. The molecule has 2 rings (SSSR count). The highest BCUT2D eigenvalue weighted by atomic mass is 32.2. The van der Waals surface area contributed by atoms with Crippen LogP contribution < -0.4 is 10.1 Å². The fourth-order valence-corrected chi connectivity index (χ4v) is 3.79. The van der Waals surface area contributed by atoms with Gasteiger partial charge >= 0.3 is 0 Å². The number of benzene rings is 1. The van der Waals surface area contributed by atoms with Crippen molar-refractivity contribution in [3.05, 3.63) is 28.8 Å². The molecule has 118 valence electrons. The zero-order valence-electron chi connectivity index (χ0n) is 13.1. The van der Waals surface area contributed by atoms with E-state index in [1.165, 1.54) is 16.9 Å². The van der Waals surface area contributed by atoms with Gasteiger partial charge in [0.25, 0.3) is 5.91 Å². The second-order valence-electron chi connectivity index (χ2n) is 4.87. The molecule has 5 nitrogen and oxygen atoms in total. The van der Waals surface area contributed by atoms with Gasteiger partial charge in [-0.2, -0.15) is 0 Å². The number of rotatable bonds is 6. The second kappa shape index (κ2) is 7.60. The molecule has 0 saturated heterocycles. The number of hydrogen-bond donors (Lipinski definition) is 1. The number of thioether (sulfide) groups is 1. The van der Waals surface area contributed by atoms with Gasteiger partial charge in [-0.1, -0.05) is 47.7 Å². The van der Waals surface area contributed by atoms with Crippen molar-refractivity contribution in [1.29, 1.82) is 0 Å². The molecular weight excluding hydrogens is 318 g/mol. The Hall–Kier alpha value is -1.60. The smallest absolute Gasteiger partial charge is 0.264 e. The van der Waals surface area contributed by atoms with Crippen LogP contribution in [-0.4, -0.2) is 28.5 Å². The summed E-state index contributed by atoms with van der Waals surface area (Å²) in [6, 6.07) is 4.08. The number of aryl methyl sites for hydroxylation is 3. The first-order valence-corrected chi connectivity index (χ1v) is 8.76. The lowest BCUT2D eigenvalue weighted by molar-refractivity contribution is -0.118. The first-order chi connectivity index (χ1) is 10.5. The Morgan fingerprint density at radius 2 is 1.95 bits per heavy atom. The number of anilines is 1. The standard InChI is InChI=1S/C15H19N3O2S2/c1-5-21-15-18-17-14(22-15)16-12(19)8-20-13-10(3)6-9(2)7-11(13)4/h6-7H,5,8H2,1-4H3,(H,16,17,19). The van der Waals surface area contributed by atoms with Crippen molar-refractivity contribution in [2.75, 3.05) is 17.7 Å². The quantitative estimate of drug-likeness (QED) is 0.644. The number of hydrogen-bond acceptors (Lipinski definition) is 6. The zero-order chi connectivity index (χ0) is 16.1. The lowest BCUT2D eigenvalue weighted by Crippen LogP contribution is -2.20. The van der Waals surface area contributed by atoms with Crippen molar-refractivity contribution in [2.45, 2.75) is 32.0 Å². The molecule has 0 radical (unpaired) electrons. The van der Waals surface area contributed by atoms with Crippen LogP contribution in [0, 0.1) is 20.8 Å². The molecule has 1 amide bonds. The maximum absolute atomic E-state index is 11.9. The third kappa shape index (κ3) is 4.45. The summed E-state index contributed by atoms with van der Waals surface area (Å²) in [6.07, 6.45) is 0. The molecule has 0 aliphatic rings. The lowest BCUT2D eigenvalue weighted by Gasteiger charge is -2.12. The number of carbonyl (C=O) groups excluding carboxylic acids is 1. The van der Waals surface area contributed by atoms with Crippen LogP contribution in [0.25, 0.3) is 0 Å². The van der Waals surface area contributed by atoms with Crippen LogP contribution in [0.3, 0.4) is 0 Å². The van der Waals surface area contributed by atoms with Gasteiger partial charge in [0.1, 0.15) is 5.75 Å². The molecule has 7 heteroatoms. The van der Waals surface area contributed by atoms with Crippen molar-refractivity contribution in [3.63, 3.8) is 0 Å². The van der Waals surface area contributed by atoms with Crippen LogP contribution in [0.15, 0.2) is 16.5 Å². The Kier molecular flexibility index (Phi) is 5.79. The number of carbonyl (C=O) groups is 1. The summed E-state index contributed by atoms with van der Waals surface area (Å²) in [5, 5.41) is 11.1. The molecule has 0 unspecified atom stereocenters. The minimum absolute atomic E-state index is 0.0411. The molecule has 1 N–H and O–H groups in total. The Labute approximate surface area is 138 Å². The summed E-state index contributed by atoms with van der Waals surface area (Å²) in [5.74, 6) is 1.46. The zero-order valence-corrected chi connectivity index (χ0v) is 14.7. The van der Waals surface area contributed by atoms with Gasteiger partial charge in [-0.05, 0) is 37.7 Å². The molecule has 22 heavy (non-hydrogen) atoms. The minimum Gasteiger partial charge on any atom is -0.483 e. The van der Waals surface area contributed by atoms with Crippen molar-refractivity contribution < 1.29 is 9.53 Å². The van der Waals surface area contributed by atoms with E-state index in [9.17, 15) is 4.79 Å². The van der Waals surface area contributed by atoms with Gasteiger partial charge in [-0.15, -0.1) is 10.2 Å². The number of amides is 1. The monoisotopic (exact) mass is 337 g/mol. The molecule has 2 aromatic rings. The highest BCUT2D eigenvalue weighted by Crippen LogP contribution is 2.26. The van der Waals surface area contributed by atoms with Crippen LogP contribution >= 0.6 is 23.1 Å². The van der Waals surface area contributed by atoms with Crippen molar-refractivity contribution in [1.82, 2.24) is 10.2 Å². The van der Waals surface area contributed by atoms with E-state index in [2.05, 4.69) is 15.5 Å². The molecule has 0 atom stereocenters. The van der Waals surface area contributed by atoms with E-state index >= 15 is 0 Å². The maximum atomic E-state index is 11.9. The molecule has 0 aliphatic heterocycles. The van der Waals surface area contributed by atoms with Crippen LogP contribution in [0.5, 0.6) is 5.75 Å². The van der Waals surface area contributed by atoms with E-state index in [-0.39, 0.29) is 12.5 Å². The molecule has 1 heterocycles. The van der Waals surface area contributed by atoms with Crippen LogP contribution in [0.4, 0.5) is 5.13 Å². The third-order valence-corrected chi connectivity index (χ3v) is 4.73. The Bertz CT molecular complexity index is 648. The van der Waals surface area contributed by atoms with Crippen LogP contribution in [0.1, 0.15) is 23.6 Å². The van der Waals surface area contributed by atoms with Gasteiger partial charge in [0.15, 0.2) is 10.9 Å². The predicted molar refractivity (Wildman–Crippen MR) is 91.1 cm³/mol. The van der Waals surface area contributed by atoms with Gasteiger partial charge in [-0.25, -0.2) is 0 Å². The molecule has 1 aromatic heterocycles. The first kappa shape index (κ1) is 16.8. The molecule has 0 aliphatic carbocycles. The summed E-state index contributed by atoms with van der Waals surface area (Å²) in [5.41, 5.74) is 3.24. The van der Waals surface area contributed by atoms with E-state index < -0.39 is 0 Å². The van der Waals surface area contributed by atoms with E-state index in [0.717, 1.165) is 27.0 Å². The van der Waals surface area contributed by atoms with E-state index in [1.807, 2.05) is 39.8 Å². The van der Waals surface area contributed by atoms with E-state index in [1.54, 1.807) is 11.8 Å². The fraction of sp³-hybridized carbons (Fsp3) is 0.400. The molecule has 1 aromatic carbocycles. The first-order valence-electron chi connectivity index (χ1n) is 6.96. The highest BCUT2D eigenvalue weighted by molar-refractivity contribution is 8.01. The van der Waals surface area contributed by atoms with Crippen LogP contribution in [-0.2, 0) is 4.79 Å². The topological polar surface area (TPSA) is 64.1 Å². The normalized spacial score (nSPS) is 10.5. The van der Waals surface area contributed by atoms with Gasteiger partial charge in [0, 0.05) is 0 Å². The summed E-state index contributed by atoms with van der Waals surface area (Å²) >= 11 is 2.97. The largest absolute Gasteiger partial charge is 0.483 e. The van der Waals surface area contributed by atoms with E-state index in [4.69, 9.17) is 4.74 Å². The van der Waals surface area contributed by atoms with Crippen LogP contribution in [0.2, 0.25) is 0 Å². The van der Waals surface area contributed by atoms with Gasteiger partial charge in [-0.3, -0.25) is 10.1 Å². The van der Waals surface area contributed by atoms with E-state index in [0.29, 0.717) is 5.13 Å². The molecule has 0 spiro atoms. The summed E-state index contributed by atoms with van der Waals surface area (Å²) in [7, 11) is 0. The predicted octanol–water partition coefficient (Wildman–Crippen LogP) is 3.59. The molecular formula is C15H19N3O2S2. The SMILES string of the molecule is CCSc1nnc(NC(=O)COc2c(C)cc(C)cc2C)s1. The molecule has 0 saturated carbocycles. The fourth-order valence-electron chi connectivity index (χ4n) is 2.13.